The van der Waals surface area contributed by atoms with Crippen molar-refractivity contribution in [2.45, 2.75) is 19.4 Å². The molecule has 2 aromatic rings. The molecule has 1 N–H and O–H groups in total. The minimum Gasteiger partial charge on any atom is -0.497 e. The molecule has 0 saturated carbocycles. The first-order valence-electron chi connectivity index (χ1n) is 8.04. The minimum absolute atomic E-state index is 0.0567. The number of amides is 1. The number of benzene rings is 2. The Kier molecular flexibility index (Phi) is 4.89. The second kappa shape index (κ2) is 7.25. The molecule has 1 unspecified atom stereocenters. The zero-order valence-electron chi connectivity index (χ0n) is 13.9. The fraction of sp³-hybridized carbons (Fsp3) is 0.316. The molecule has 5 heteroatoms. The number of carbonyl (C=O) groups is 1. The van der Waals surface area contributed by atoms with Crippen molar-refractivity contribution in [2.24, 2.45) is 0 Å². The Morgan fingerprint density at radius 1 is 1.21 bits per heavy atom. The Balaban J connectivity index is 1.53. The summed E-state index contributed by atoms with van der Waals surface area (Å²) in [4.78, 5) is 12.2. The number of hydrogen-bond acceptors (Lipinski definition) is 4. The van der Waals surface area contributed by atoms with Crippen molar-refractivity contribution in [3.8, 4) is 17.2 Å². The molecule has 2 aromatic carbocycles. The molecule has 5 nitrogen and oxygen atoms in total. The molecular weight excluding hydrogens is 306 g/mol. The first kappa shape index (κ1) is 16.2. The summed E-state index contributed by atoms with van der Waals surface area (Å²) in [6.07, 6.45) is 0.703. The Bertz CT molecular complexity index is 712. The van der Waals surface area contributed by atoms with Gasteiger partial charge in [-0.2, -0.15) is 0 Å². The van der Waals surface area contributed by atoms with Gasteiger partial charge in [0.2, 0.25) is 0 Å². The molecule has 1 heterocycles. The number of hydrogen-bond donors (Lipinski definition) is 1. The average molecular weight is 327 g/mol. The predicted molar refractivity (Wildman–Crippen MR) is 91.1 cm³/mol. The monoisotopic (exact) mass is 327 g/mol. The van der Waals surface area contributed by atoms with Crippen molar-refractivity contribution >= 4 is 5.91 Å². The third kappa shape index (κ3) is 3.62. The van der Waals surface area contributed by atoms with Crippen LogP contribution in [0.5, 0.6) is 17.2 Å². The highest BCUT2D eigenvalue weighted by molar-refractivity contribution is 5.94. The van der Waals surface area contributed by atoms with Gasteiger partial charge in [0, 0.05) is 17.5 Å². The Morgan fingerprint density at radius 2 is 1.96 bits per heavy atom. The summed E-state index contributed by atoms with van der Waals surface area (Å²) < 4.78 is 16.5. The van der Waals surface area contributed by atoms with Gasteiger partial charge in [0.05, 0.1) is 20.3 Å². The van der Waals surface area contributed by atoms with E-state index in [0.717, 1.165) is 29.2 Å². The van der Waals surface area contributed by atoms with Crippen LogP contribution in [0.2, 0.25) is 0 Å². The van der Waals surface area contributed by atoms with Crippen LogP contribution < -0.4 is 19.5 Å². The smallest absolute Gasteiger partial charge is 0.251 e. The van der Waals surface area contributed by atoms with E-state index in [4.69, 9.17) is 14.2 Å². The summed E-state index contributed by atoms with van der Waals surface area (Å²) >= 11 is 0. The number of methoxy groups -OCH3 is 1. The van der Waals surface area contributed by atoms with Crippen molar-refractivity contribution < 1.29 is 19.0 Å². The molecule has 1 aliphatic heterocycles. The third-order valence-corrected chi connectivity index (χ3v) is 3.93. The molecule has 3 rings (SSSR count). The molecule has 0 fully saturated rings. The number of rotatable bonds is 6. The maximum absolute atomic E-state index is 12.2. The number of carbonyl (C=O) groups excluding carboxylic acids is 1. The van der Waals surface area contributed by atoms with Gasteiger partial charge in [0.1, 0.15) is 23.4 Å². The van der Waals surface area contributed by atoms with Crippen LogP contribution in [-0.2, 0) is 6.42 Å². The van der Waals surface area contributed by atoms with Crippen LogP contribution in [0.3, 0.4) is 0 Å². The highest BCUT2D eigenvalue weighted by atomic mass is 16.5. The third-order valence-electron chi connectivity index (χ3n) is 3.93. The van der Waals surface area contributed by atoms with Gasteiger partial charge in [-0.3, -0.25) is 4.79 Å². The van der Waals surface area contributed by atoms with E-state index in [1.54, 1.807) is 31.4 Å². The Hall–Kier alpha value is -2.69. The summed E-state index contributed by atoms with van der Waals surface area (Å²) in [7, 11) is 1.64. The fourth-order valence-electron chi connectivity index (χ4n) is 2.72. The first-order chi connectivity index (χ1) is 11.7. The van der Waals surface area contributed by atoms with Gasteiger partial charge >= 0.3 is 0 Å². The van der Waals surface area contributed by atoms with Gasteiger partial charge in [-0.25, -0.2) is 0 Å². The van der Waals surface area contributed by atoms with E-state index in [0.29, 0.717) is 18.7 Å². The molecule has 1 atom stereocenters. The van der Waals surface area contributed by atoms with Crippen LogP contribution in [0.15, 0.2) is 42.5 Å². The van der Waals surface area contributed by atoms with Crippen LogP contribution in [-0.4, -0.2) is 32.3 Å². The molecule has 126 valence electrons. The van der Waals surface area contributed by atoms with Gasteiger partial charge < -0.3 is 19.5 Å². The topological polar surface area (TPSA) is 56.8 Å². The van der Waals surface area contributed by atoms with Crippen molar-refractivity contribution in [2.75, 3.05) is 20.3 Å². The lowest BCUT2D eigenvalue weighted by Crippen LogP contribution is -2.34. The van der Waals surface area contributed by atoms with Crippen LogP contribution >= 0.6 is 0 Å². The molecule has 1 amide bonds. The summed E-state index contributed by atoms with van der Waals surface area (Å²) in [5.41, 5.74) is 1.71. The van der Waals surface area contributed by atoms with Crippen LogP contribution in [0.4, 0.5) is 0 Å². The predicted octanol–water partition coefficient (Wildman–Crippen LogP) is 2.83. The van der Waals surface area contributed by atoms with E-state index in [1.807, 2.05) is 25.1 Å². The Labute approximate surface area is 141 Å². The fourth-order valence-corrected chi connectivity index (χ4v) is 2.72. The van der Waals surface area contributed by atoms with E-state index >= 15 is 0 Å². The zero-order valence-corrected chi connectivity index (χ0v) is 13.9. The van der Waals surface area contributed by atoms with Crippen molar-refractivity contribution in [3.05, 3.63) is 53.6 Å². The zero-order chi connectivity index (χ0) is 16.9. The molecule has 0 bridgehead atoms. The van der Waals surface area contributed by atoms with Crippen molar-refractivity contribution in [1.82, 2.24) is 5.32 Å². The van der Waals surface area contributed by atoms with E-state index in [-0.39, 0.29) is 12.0 Å². The number of ether oxygens (including phenoxy) is 3. The number of nitrogens with one attached hydrogen (secondary N) is 1. The second-order valence-corrected chi connectivity index (χ2v) is 5.59. The van der Waals surface area contributed by atoms with E-state index in [1.165, 1.54) is 0 Å². The van der Waals surface area contributed by atoms with E-state index in [9.17, 15) is 4.79 Å². The van der Waals surface area contributed by atoms with Gasteiger partial charge in [0.15, 0.2) is 0 Å². The molecule has 24 heavy (non-hydrogen) atoms. The first-order valence-corrected chi connectivity index (χ1v) is 8.04. The van der Waals surface area contributed by atoms with Gasteiger partial charge in [-0.1, -0.05) is 0 Å². The summed E-state index contributed by atoms with van der Waals surface area (Å²) in [6.45, 7) is 2.99. The normalized spacial score (nSPS) is 15.3. The van der Waals surface area contributed by atoms with Gasteiger partial charge in [-0.15, -0.1) is 0 Å². The van der Waals surface area contributed by atoms with Crippen LogP contribution in [0.1, 0.15) is 22.8 Å². The second-order valence-electron chi connectivity index (χ2n) is 5.59. The van der Waals surface area contributed by atoms with Crippen molar-refractivity contribution in [3.63, 3.8) is 0 Å². The lowest BCUT2D eigenvalue weighted by atomic mass is 10.1. The van der Waals surface area contributed by atoms with Crippen molar-refractivity contribution in [1.29, 1.82) is 0 Å². The molecular formula is C19H21NO4. The highest BCUT2D eigenvalue weighted by Crippen LogP contribution is 2.31. The lowest BCUT2D eigenvalue weighted by Gasteiger charge is -2.12. The standard InChI is InChI=1S/C19H21NO4/c1-3-23-15-6-4-13(5-7-15)19(21)20-12-17-11-14-10-16(22-2)8-9-18(14)24-17/h4-10,17H,3,11-12H2,1-2H3,(H,20,21). The largest absolute Gasteiger partial charge is 0.497 e. The maximum atomic E-state index is 12.2. The molecule has 0 aliphatic carbocycles. The SMILES string of the molecule is CCOc1ccc(C(=O)NCC2Cc3cc(OC)ccc3O2)cc1. The van der Waals surface area contributed by atoms with Crippen LogP contribution in [0.25, 0.3) is 0 Å². The molecule has 0 aromatic heterocycles. The number of fused-ring (bicyclic) bond motifs is 1. The Morgan fingerprint density at radius 3 is 2.67 bits per heavy atom. The quantitative estimate of drug-likeness (QED) is 0.886. The highest BCUT2D eigenvalue weighted by Gasteiger charge is 2.23. The summed E-state index contributed by atoms with van der Waals surface area (Å²) in [5, 5.41) is 2.92. The van der Waals surface area contributed by atoms with Gasteiger partial charge in [0.25, 0.3) is 5.91 Å². The molecule has 0 saturated heterocycles. The minimum atomic E-state index is -0.116. The average Bonchev–Trinajstić information content (AvgIpc) is 3.02. The van der Waals surface area contributed by atoms with Gasteiger partial charge in [-0.05, 0) is 49.4 Å². The summed E-state index contributed by atoms with van der Waals surface area (Å²) in [5.74, 6) is 2.32. The summed E-state index contributed by atoms with van der Waals surface area (Å²) in [6, 6.07) is 12.9. The van der Waals surface area contributed by atoms with E-state index in [2.05, 4.69) is 5.32 Å². The molecule has 1 aliphatic rings. The lowest BCUT2D eigenvalue weighted by molar-refractivity contribution is 0.0933. The molecule has 0 radical (unpaired) electrons. The van der Waals surface area contributed by atoms with E-state index < -0.39 is 0 Å². The molecule has 0 spiro atoms. The van der Waals surface area contributed by atoms with Crippen LogP contribution in [0, 0.1) is 0 Å². The maximum Gasteiger partial charge on any atom is 0.251 e.